The van der Waals surface area contributed by atoms with Gasteiger partial charge in [-0.3, -0.25) is 0 Å². The van der Waals surface area contributed by atoms with Crippen LogP contribution >= 0.6 is 11.3 Å². The number of hydrogen-bond acceptors (Lipinski definition) is 6. The van der Waals surface area contributed by atoms with Crippen LogP contribution in [0.4, 0.5) is 5.13 Å². The summed E-state index contributed by atoms with van der Waals surface area (Å²) in [5.41, 5.74) is 9.83. The molecule has 0 aliphatic heterocycles. The molecule has 0 amide bonds. The van der Waals surface area contributed by atoms with Gasteiger partial charge in [-0.2, -0.15) is 0 Å². The molecule has 0 unspecified atom stereocenters. The van der Waals surface area contributed by atoms with Gasteiger partial charge in [0, 0.05) is 35.7 Å². The molecule has 4 rings (SSSR count). The van der Waals surface area contributed by atoms with Crippen LogP contribution < -0.4 is 10.5 Å². The number of nitrogens with zero attached hydrogens (tertiary/aromatic N) is 1. The molecule has 0 radical (unpaired) electrons. The highest BCUT2D eigenvalue weighted by molar-refractivity contribution is 7.92. The van der Waals surface area contributed by atoms with Crippen molar-refractivity contribution in [2.24, 2.45) is 0 Å². The van der Waals surface area contributed by atoms with Gasteiger partial charge in [0.15, 0.2) is 5.13 Å². The van der Waals surface area contributed by atoms with E-state index in [0.717, 1.165) is 32.1 Å². The van der Waals surface area contributed by atoms with Crippen molar-refractivity contribution < 1.29 is 13.5 Å². The molecular weight excluding hydrogens is 432 g/mol. The molecule has 0 aliphatic carbocycles. The van der Waals surface area contributed by atoms with E-state index in [-0.39, 0.29) is 12.3 Å². The second kappa shape index (κ2) is 8.43. The summed E-state index contributed by atoms with van der Waals surface area (Å²) in [6, 6.07) is 9.33. The van der Waals surface area contributed by atoms with Crippen molar-refractivity contribution in [3.63, 3.8) is 0 Å². The summed E-state index contributed by atoms with van der Waals surface area (Å²) in [5.74, 6) is 6.29. The van der Waals surface area contributed by atoms with Gasteiger partial charge in [0.1, 0.15) is 11.3 Å². The van der Waals surface area contributed by atoms with Crippen LogP contribution in [0, 0.1) is 11.8 Å². The highest BCUT2D eigenvalue weighted by atomic mass is 32.2. The minimum atomic E-state index is -3.49. The van der Waals surface area contributed by atoms with Gasteiger partial charge < -0.3 is 15.8 Å². The fourth-order valence-electron chi connectivity index (χ4n) is 3.32. The predicted octanol–water partition coefficient (Wildman–Crippen LogP) is 3.61. The Balaban J connectivity index is 1.52. The molecule has 158 valence electrons. The molecular formula is C22H20N4O3S2. The topological polar surface area (TPSA) is 121 Å². The van der Waals surface area contributed by atoms with Crippen LogP contribution in [0.5, 0.6) is 5.75 Å². The second-order valence-electron chi connectivity index (χ2n) is 6.93. The number of thiazole rings is 1. The SMILES string of the molecule is C=CS(=O)(=O)NCc1cc(CCC#Cc2cc(O)c3nc(N)sc3c2)c2[nH]ccc2c1. The Kier molecular flexibility index (Phi) is 5.69. The monoisotopic (exact) mass is 452 g/mol. The molecule has 4 aromatic rings. The van der Waals surface area contributed by atoms with Gasteiger partial charge in [0.2, 0.25) is 10.0 Å². The Morgan fingerprint density at radius 2 is 2.16 bits per heavy atom. The number of fused-ring (bicyclic) bond motifs is 2. The third-order valence-corrected chi connectivity index (χ3v) is 6.56. The number of hydrogen-bond donors (Lipinski definition) is 4. The van der Waals surface area contributed by atoms with Crippen LogP contribution in [0.25, 0.3) is 21.1 Å². The first-order chi connectivity index (χ1) is 14.8. The number of aromatic nitrogens is 2. The lowest BCUT2D eigenvalue weighted by atomic mass is 10.0. The molecule has 0 atom stereocenters. The average molecular weight is 453 g/mol. The number of phenolic OH excluding ortho intramolecular Hbond substituents is 1. The maximum atomic E-state index is 11.6. The van der Waals surface area contributed by atoms with E-state index in [1.807, 2.05) is 30.5 Å². The fourth-order valence-corrected chi connectivity index (χ4v) is 4.60. The number of nitrogens with two attached hydrogens (primary N) is 1. The number of H-pyrrole nitrogens is 1. The molecule has 31 heavy (non-hydrogen) atoms. The van der Waals surface area contributed by atoms with Crippen molar-refractivity contribution in [3.8, 4) is 17.6 Å². The lowest BCUT2D eigenvalue weighted by Gasteiger charge is -2.08. The summed E-state index contributed by atoms with van der Waals surface area (Å²) in [6.45, 7) is 3.49. The number of aromatic amines is 1. The number of nitrogen functional groups attached to an aromatic ring is 1. The van der Waals surface area contributed by atoms with Gasteiger partial charge in [0.25, 0.3) is 0 Å². The van der Waals surface area contributed by atoms with Crippen molar-refractivity contribution in [1.82, 2.24) is 14.7 Å². The molecule has 0 aliphatic rings. The quantitative estimate of drug-likeness (QED) is 0.333. The summed E-state index contributed by atoms with van der Waals surface area (Å²) in [7, 11) is -3.49. The van der Waals surface area contributed by atoms with Crippen LogP contribution in [0.2, 0.25) is 0 Å². The predicted molar refractivity (Wildman–Crippen MR) is 125 cm³/mol. The van der Waals surface area contributed by atoms with E-state index in [0.29, 0.717) is 29.1 Å². The number of phenols is 1. The van der Waals surface area contributed by atoms with Crippen LogP contribution in [0.3, 0.4) is 0 Å². The molecule has 0 spiro atoms. The van der Waals surface area contributed by atoms with Crippen LogP contribution in [-0.2, 0) is 23.0 Å². The van der Waals surface area contributed by atoms with E-state index in [1.165, 1.54) is 11.3 Å². The van der Waals surface area contributed by atoms with Crippen LogP contribution in [0.15, 0.2) is 48.5 Å². The number of sulfonamides is 1. The van der Waals surface area contributed by atoms with E-state index in [1.54, 1.807) is 6.07 Å². The number of nitrogens with one attached hydrogen (secondary N) is 2. The summed E-state index contributed by atoms with van der Waals surface area (Å²) >= 11 is 1.31. The first-order valence-corrected chi connectivity index (χ1v) is 11.8. The molecule has 0 saturated heterocycles. The number of rotatable bonds is 6. The lowest BCUT2D eigenvalue weighted by molar-refractivity contribution is 0.480. The zero-order valence-corrected chi connectivity index (χ0v) is 18.1. The summed E-state index contributed by atoms with van der Waals surface area (Å²) in [5, 5.41) is 12.4. The van der Waals surface area contributed by atoms with Crippen LogP contribution in [0.1, 0.15) is 23.1 Å². The van der Waals surface area contributed by atoms with Gasteiger partial charge in [-0.25, -0.2) is 18.1 Å². The average Bonchev–Trinajstić information content (AvgIpc) is 3.36. The Morgan fingerprint density at radius 3 is 2.97 bits per heavy atom. The van der Waals surface area contributed by atoms with Gasteiger partial charge in [-0.15, -0.1) is 0 Å². The first-order valence-electron chi connectivity index (χ1n) is 9.43. The Morgan fingerprint density at radius 1 is 1.32 bits per heavy atom. The minimum Gasteiger partial charge on any atom is -0.506 e. The Hall–Kier alpha value is -3.32. The van der Waals surface area contributed by atoms with Gasteiger partial charge in [-0.05, 0) is 47.2 Å². The van der Waals surface area contributed by atoms with E-state index in [4.69, 9.17) is 5.73 Å². The van der Waals surface area contributed by atoms with Crippen molar-refractivity contribution in [1.29, 1.82) is 0 Å². The molecule has 2 heterocycles. The molecule has 0 bridgehead atoms. The van der Waals surface area contributed by atoms with Crippen molar-refractivity contribution in [2.45, 2.75) is 19.4 Å². The summed E-state index contributed by atoms with van der Waals surface area (Å²) in [4.78, 5) is 7.34. The van der Waals surface area contributed by atoms with Gasteiger partial charge in [-0.1, -0.05) is 35.8 Å². The van der Waals surface area contributed by atoms with Gasteiger partial charge >= 0.3 is 0 Å². The maximum Gasteiger partial charge on any atom is 0.233 e. The molecule has 0 saturated carbocycles. The lowest BCUT2D eigenvalue weighted by Crippen LogP contribution is -2.20. The summed E-state index contributed by atoms with van der Waals surface area (Å²) in [6.07, 6.45) is 3.14. The Bertz CT molecular complexity index is 1460. The van der Waals surface area contributed by atoms with E-state index >= 15 is 0 Å². The maximum absolute atomic E-state index is 11.6. The highest BCUT2D eigenvalue weighted by Gasteiger charge is 2.09. The number of anilines is 1. The molecule has 0 fully saturated rings. The second-order valence-corrected chi connectivity index (χ2v) is 9.70. The van der Waals surface area contributed by atoms with E-state index in [9.17, 15) is 13.5 Å². The first kappa shape index (κ1) is 20.9. The van der Waals surface area contributed by atoms with Crippen molar-refractivity contribution in [3.05, 3.63) is 65.2 Å². The zero-order chi connectivity index (χ0) is 22.0. The third-order valence-electron chi connectivity index (χ3n) is 4.74. The number of aryl methyl sites for hydroxylation is 1. The smallest absolute Gasteiger partial charge is 0.233 e. The van der Waals surface area contributed by atoms with Crippen LogP contribution in [-0.4, -0.2) is 23.5 Å². The molecule has 9 heteroatoms. The molecule has 2 aromatic carbocycles. The van der Waals surface area contributed by atoms with Gasteiger partial charge in [0.05, 0.1) is 4.70 Å². The third kappa shape index (κ3) is 4.72. The number of aromatic hydroxyl groups is 1. The fraction of sp³-hybridized carbons (Fsp3) is 0.136. The van der Waals surface area contributed by atoms with E-state index in [2.05, 4.69) is 33.1 Å². The Labute approximate surface area is 183 Å². The summed E-state index contributed by atoms with van der Waals surface area (Å²) < 4.78 is 26.6. The zero-order valence-electron chi connectivity index (χ0n) is 16.5. The molecule has 7 nitrogen and oxygen atoms in total. The van der Waals surface area contributed by atoms with Crippen molar-refractivity contribution >= 4 is 47.6 Å². The normalized spacial score (nSPS) is 11.5. The highest BCUT2D eigenvalue weighted by Crippen LogP contribution is 2.31. The molecule has 2 aromatic heterocycles. The standard InChI is InChI=1S/C22H20N4O3S2/c1-2-31(28,29)25-13-15-9-16(20-17(10-15)7-8-24-20)6-4-3-5-14-11-18(27)21-19(12-14)30-22(23)26-21/h2,7-12,24-25,27H,1,4,6,13H2,(H2,23,26). The van der Waals surface area contributed by atoms with E-state index < -0.39 is 10.0 Å². The largest absolute Gasteiger partial charge is 0.506 e. The number of benzene rings is 2. The minimum absolute atomic E-state index is 0.0671. The van der Waals surface area contributed by atoms with Crippen molar-refractivity contribution in [2.75, 3.05) is 5.73 Å². The molecule has 5 N–H and O–H groups in total.